The molecule has 2 fully saturated rings. The number of amides is 1. The average Bonchev–Trinajstić information content (AvgIpc) is 3.52. The van der Waals surface area contributed by atoms with Crippen molar-refractivity contribution in [2.75, 3.05) is 31.1 Å². The molecule has 2 saturated heterocycles. The maximum atomic E-state index is 12.8. The van der Waals surface area contributed by atoms with Gasteiger partial charge >= 0.3 is 0 Å². The van der Waals surface area contributed by atoms with Crippen LogP contribution in [0.25, 0.3) is 11.2 Å². The Bertz CT molecular complexity index is 1060. The molecule has 30 heavy (non-hydrogen) atoms. The predicted octanol–water partition coefficient (Wildman–Crippen LogP) is 2.65. The second-order valence-electron chi connectivity index (χ2n) is 8.16. The molecule has 158 valence electrons. The highest BCUT2D eigenvalue weighted by molar-refractivity contribution is 6.30. The van der Waals surface area contributed by atoms with Crippen LogP contribution < -0.4 is 4.90 Å². The van der Waals surface area contributed by atoms with E-state index in [2.05, 4.69) is 29.9 Å². The van der Waals surface area contributed by atoms with Gasteiger partial charge < -0.3 is 14.8 Å². The Labute approximate surface area is 179 Å². The third-order valence-electron chi connectivity index (χ3n) is 6.08. The molecule has 2 aliphatic heterocycles. The van der Waals surface area contributed by atoms with Gasteiger partial charge in [0.2, 0.25) is 11.9 Å². The molecule has 3 aromatic rings. The van der Waals surface area contributed by atoms with Crippen molar-refractivity contribution in [2.45, 2.75) is 38.6 Å². The second kappa shape index (κ2) is 7.86. The largest absolute Gasteiger partial charge is 0.342 e. The monoisotopic (exact) mass is 428 g/mol. The van der Waals surface area contributed by atoms with Gasteiger partial charge in [-0.25, -0.2) is 9.97 Å². The lowest BCUT2D eigenvalue weighted by Crippen LogP contribution is -2.44. The number of nitrogens with zero attached hydrogens (tertiary/aromatic N) is 7. The first-order valence-corrected chi connectivity index (χ1v) is 10.9. The molecule has 9 nitrogen and oxygen atoms in total. The van der Waals surface area contributed by atoms with E-state index in [4.69, 9.17) is 11.6 Å². The van der Waals surface area contributed by atoms with Crippen LogP contribution in [0, 0.1) is 5.92 Å². The summed E-state index contributed by atoms with van der Waals surface area (Å²) >= 11 is 5.98. The highest BCUT2D eigenvalue weighted by Crippen LogP contribution is 2.25. The van der Waals surface area contributed by atoms with Crippen LogP contribution in [0.2, 0.25) is 5.02 Å². The summed E-state index contributed by atoms with van der Waals surface area (Å²) in [5, 5.41) is 4.84. The van der Waals surface area contributed by atoms with Crippen LogP contribution in [-0.2, 0) is 4.79 Å². The van der Waals surface area contributed by atoms with Crippen molar-refractivity contribution in [3.05, 3.63) is 29.4 Å². The molecule has 0 radical (unpaired) electrons. The third-order valence-corrected chi connectivity index (χ3v) is 6.27. The van der Waals surface area contributed by atoms with Crippen LogP contribution in [0.15, 0.2) is 18.6 Å². The SMILES string of the molecule is C[C@@H](c1nc2nc(N3CCCC(C(=O)N4CCCC4)C3)ncc2[nH]1)n1cc(Cl)cn1. The van der Waals surface area contributed by atoms with E-state index in [-0.39, 0.29) is 17.9 Å². The molecule has 0 aromatic carbocycles. The summed E-state index contributed by atoms with van der Waals surface area (Å²) in [7, 11) is 0. The van der Waals surface area contributed by atoms with Crippen LogP contribution in [0.4, 0.5) is 5.95 Å². The molecular weight excluding hydrogens is 404 g/mol. The number of halogens is 1. The summed E-state index contributed by atoms with van der Waals surface area (Å²) < 4.78 is 1.76. The number of carbonyl (C=O) groups is 1. The Morgan fingerprint density at radius 1 is 1.20 bits per heavy atom. The summed E-state index contributed by atoms with van der Waals surface area (Å²) in [5.41, 5.74) is 1.40. The van der Waals surface area contributed by atoms with Gasteiger partial charge in [0.05, 0.1) is 23.3 Å². The number of anilines is 1. The van der Waals surface area contributed by atoms with E-state index in [1.165, 1.54) is 0 Å². The number of piperidine rings is 1. The highest BCUT2D eigenvalue weighted by Gasteiger charge is 2.31. The van der Waals surface area contributed by atoms with Crippen molar-refractivity contribution in [3.8, 4) is 0 Å². The molecule has 0 saturated carbocycles. The molecule has 5 heterocycles. The van der Waals surface area contributed by atoms with Gasteiger partial charge in [0.15, 0.2) is 5.65 Å². The Morgan fingerprint density at radius 3 is 2.80 bits per heavy atom. The number of fused-ring (bicyclic) bond motifs is 1. The Kier molecular flexibility index (Phi) is 5.06. The molecule has 10 heteroatoms. The number of likely N-dealkylation sites (tertiary alicyclic amines) is 1. The fourth-order valence-corrected chi connectivity index (χ4v) is 4.52. The van der Waals surface area contributed by atoms with Gasteiger partial charge in [0, 0.05) is 32.4 Å². The molecular formula is C20H25ClN8O. The first-order chi connectivity index (χ1) is 14.6. The van der Waals surface area contributed by atoms with Crippen molar-refractivity contribution < 1.29 is 4.79 Å². The zero-order chi connectivity index (χ0) is 20.7. The number of hydrogen-bond donors (Lipinski definition) is 1. The van der Waals surface area contributed by atoms with E-state index in [1.54, 1.807) is 23.3 Å². The molecule has 2 atom stereocenters. The van der Waals surface area contributed by atoms with E-state index in [1.807, 2.05) is 11.8 Å². The number of imidazole rings is 1. The summed E-state index contributed by atoms with van der Waals surface area (Å²) in [5.74, 6) is 1.69. The van der Waals surface area contributed by atoms with Crippen LogP contribution in [0.1, 0.15) is 44.5 Å². The number of aromatic nitrogens is 6. The minimum Gasteiger partial charge on any atom is -0.342 e. The van der Waals surface area contributed by atoms with Crippen molar-refractivity contribution in [1.82, 2.24) is 34.6 Å². The summed E-state index contributed by atoms with van der Waals surface area (Å²) in [6.45, 7) is 5.31. The maximum Gasteiger partial charge on any atom is 0.227 e. The Balaban J connectivity index is 1.35. The molecule has 1 N–H and O–H groups in total. The third kappa shape index (κ3) is 3.62. The standard InChI is InChI=1S/C20H25ClN8O/c1-13(29-12-15(21)9-23-29)17-24-16-10-22-20(26-18(16)25-17)28-8-4-5-14(11-28)19(30)27-6-2-3-7-27/h9-10,12-14H,2-8,11H2,1H3,(H,22,24,25,26)/t13-,14?/m0/s1. The lowest BCUT2D eigenvalue weighted by Gasteiger charge is -2.33. The summed E-state index contributed by atoms with van der Waals surface area (Å²) in [4.78, 5) is 34.1. The van der Waals surface area contributed by atoms with E-state index in [0.717, 1.165) is 56.7 Å². The second-order valence-corrected chi connectivity index (χ2v) is 8.60. The summed E-state index contributed by atoms with van der Waals surface area (Å²) in [6, 6.07) is -0.104. The van der Waals surface area contributed by atoms with Crippen molar-refractivity contribution in [1.29, 1.82) is 0 Å². The first-order valence-electron chi connectivity index (χ1n) is 10.5. The topological polar surface area (TPSA) is 95.8 Å². The Hall–Kier alpha value is -2.68. The maximum absolute atomic E-state index is 12.8. The molecule has 1 amide bonds. The average molecular weight is 429 g/mol. The molecule has 2 aliphatic rings. The molecule has 0 aliphatic carbocycles. The number of nitrogens with one attached hydrogen (secondary N) is 1. The van der Waals surface area contributed by atoms with Crippen LogP contribution >= 0.6 is 11.6 Å². The number of hydrogen-bond acceptors (Lipinski definition) is 6. The summed E-state index contributed by atoms with van der Waals surface area (Å²) in [6.07, 6.45) is 9.28. The highest BCUT2D eigenvalue weighted by atomic mass is 35.5. The molecule has 5 rings (SSSR count). The number of H-pyrrole nitrogens is 1. The van der Waals surface area contributed by atoms with Crippen LogP contribution in [0.3, 0.4) is 0 Å². The van der Waals surface area contributed by atoms with E-state index >= 15 is 0 Å². The van der Waals surface area contributed by atoms with Gasteiger partial charge in [-0.3, -0.25) is 9.48 Å². The van der Waals surface area contributed by atoms with Crippen LogP contribution in [-0.4, -0.2) is 66.7 Å². The van der Waals surface area contributed by atoms with Crippen LogP contribution in [0.5, 0.6) is 0 Å². The van der Waals surface area contributed by atoms with Gasteiger partial charge in [0.1, 0.15) is 17.4 Å². The fraction of sp³-hybridized carbons (Fsp3) is 0.550. The van der Waals surface area contributed by atoms with E-state index in [9.17, 15) is 4.79 Å². The molecule has 1 unspecified atom stereocenters. The normalized spacial score (nSPS) is 20.8. The minimum atomic E-state index is -0.104. The quantitative estimate of drug-likeness (QED) is 0.686. The van der Waals surface area contributed by atoms with Crippen molar-refractivity contribution >= 4 is 34.6 Å². The number of rotatable bonds is 4. The van der Waals surface area contributed by atoms with Gasteiger partial charge in [-0.05, 0) is 32.6 Å². The number of carbonyl (C=O) groups excluding carboxylic acids is 1. The van der Waals surface area contributed by atoms with Gasteiger partial charge in [-0.15, -0.1) is 0 Å². The smallest absolute Gasteiger partial charge is 0.227 e. The molecule has 0 spiro atoms. The lowest BCUT2D eigenvalue weighted by atomic mass is 9.97. The lowest BCUT2D eigenvalue weighted by molar-refractivity contribution is -0.134. The van der Waals surface area contributed by atoms with Gasteiger partial charge in [0.25, 0.3) is 0 Å². The van der Waals surface area contributed by atoms with E-state index < -0.39 is 0 Å². The van der Waals surface area contributed by atoms with Gasteiger partial charge in [-0.1, -0.05) is 11.6 Å². The Morgan fingerprint density at radius 2 is 2.03 bits per heavy atom. The molecule has 3 aromatic heterocycles. The minimum absolute atomic E-state index is 0.0236. The predicted molar refractivity (Wildman–Crippen MR) is 113 cm³/mol. The molecule has 0 bridgehead atoms. The first kappa shape index (κ1) is 19.3. The van der Waals surface area contributed by atoms with Gasteiger partial charge in [-0.2, -0.15) is 10.1 Å². The van der Waals surface area contributed by atoms with Crippen molar-refractivity contribution in [2.24, 2.45) is 5.92 Å². The number of aromatic amines is 1. The van der Waals surface area contributed by atoms with Crippen molar-refractivity contribution in [3.63, 3.8) is 0 Å². The zero-order valence-electron chi connectivity index (χ0n) is 17.0. The fourth-order valence-electron chi connectivity index (χ4n) is 4.38. The zero-order valence-corrected chi connectivity index (χ0v) is 17.7. The van der Waals surface area contributed by atoms with E-state index in [0.29, 0.717) is 23.2 Å².